The Morgan fingerprint density at radius 3 is 2.28 bits per heavy atom. The molecule has 0 radical (unpaired) electrons. The highest BCUT2D eigenvalue weighted by molar-refractivity contribution is 7.99. The van der Waals surface area contributed by atoms with Crippen molar-refractivity contribution in [1.29, 1.82) is 0 Å². The third-order valence-corrected chi connectivity index (χ3v) is 7.49. The van der Waals surface area contributed by atoms with Crippen LogP contribution in [0.3, 0.4) is 0 Å². The van der Waals surface area contributed by atoms with Gasteiger partial charge in [0.15, 0.2) is 0 Å². The summed E-state index contributed by atoms with van der Waals surface area (Å²) in [6.07, 6.45) is 4.35. The Kier molecular flexibility index (Phi) is 4.66. The Morgan fingerprint density at radius 1 is 1.12 bits per heavy atom. The molecule has 5 nitrogen and oxygen atoms in total. The molecule has 2 amide bonds. The molecule has 0 unspecified atom stereocenters. The zero-order valence-electron chi connectivity index (χ0n) is 15.1. The molecule has 1 spiro atoms. The fourth-order valence-corrected chi connectivity index (χ4v) is 6.45. The van der Waals surface area contributed by atoms with Gasteiger partial charge in [0.05, 0.1) is 10.4 Å². The maximum atomic E-state index is 13.4. The van der Waals surface area contributed by atoms with Crippen LogP contribution in [0, 0.1) is 6.92 Å². The molecule has 1 fully saturated rings. The predicted octanol–water partition coefficient (Wildman–Crippen LogP) is 3.80. The van der Waals surface area contributed by atoms with Crippen molar-refractivity contribution in [3.8, 4) is 0 Å². The first-order valence-corrected chi connectivity index (χ1v) is 10.4. The van der Waals surface area contributed by atoms with Gasteiger partial charge in [0.1, 0.15) is 0 Å². The summed E-state index contributed by atoms with van der Waals surface area (Å²) in [5.41, 5.74) is 1.84. The van der Waals surface area contributed by atoms with Crippen LogP contribution < -0.4 is 5.32 Å². The Labute approximate surface area is 150 Å². The lowest BCUT2D eigenvalue weighted by Gasteiger charge is -2.41. The van der Waals surface area contributed by atoms with Gasteiger partial charge in [-0.1, -0.05) is 49.1 Å². The summed E-state index contributed by atoms with van der Waals surface area (Å²) in [5.74, 6) is 0. The average Bonchev–Trinajstić information content (AvgIpc) is 2.73. The molecule has 1 aliphatic carbocycles. The second-order valence-corrected chi connectivity index (χ2v) is 8.74. The maximum absolute atomic E-state index is 13.4. The van der Waals surface area contributed by atoms with E-state index >= 15 is 0 Å². The van der Waals surface area contributed by atoms with E-state index in [1.807, 2.05) is 38.1 Å². The number of sulfonamides is 1. The zero-order chi connectivity index (χ0) is 18.2. The number of aryl methyl sites for hydroxylation is 1. The first-order chi connectivity index (χ1) is 11.8. The van der Waals surface area contributed by atoms with Crippen LogP contribution in [-0.4, -0.2) is 30.8 Å². The largest absolute Gasteiger partial charge is 0.337 e. The quantitative estimate of drug-likeness (QED) is 0.870. The molecule has 0 atom stereocenters. The van der Waals surface area contributed by atoms with Crippen LogP contribution in [0.5, 0.6) is 0 Å². The number of urea groups is 1. The van der Waals surface area contributed by atoms with Crippen molar-refractivity contribution in [3.63, 3.8) is 0 Å². The maximum Gasteiger partial charge on any atom is 0.332 e. The second kappa shape index (κ2) is 6.48. The van der Waals surface area contributed by atoms with Crippen molar-refractivity contribution < 1.29 is 13.2 Å². The first-order valence-electron chi connectivity index (χ1n) is 8.96. The first kappa shape index (κ1) is 18.0. The third kappa shape index (κ3) is 2.76. The van der Waals surface area contributed by atoms with Crippen LogP contribution in [0.1, 0.15) is 57.1 Å². The van der Waals surface area contributed by atoms with E-state index in [2.05, 4.69) is 5.32 Å². The van der Waals surface area contributed by atoms with Gasteiger partial charge in [0.25, 0.3) is 10.0 Å². The van der Waals surface area contributed by atoms with Crippen LogP contribution in [0.15, 0.2) is 29.8 Å². The van der Waals surface area contributed by atoms with Crippen LogP contribution in [0.2, 0.25) is 0 Å². The molecule has 1 heterocycles. The number of nitrogens with zero attached hydrogens (tertiary/aromatic N) is 1. The molecule has 25 heavy (non-hydrogen) atoms. The van der Waals surface area contributed by atoms with E-state index in [-0.39, 0.29) is 0 Å². The molecule has 0 aromatic heterocycles. The van der Waals surface area contributed by atoms with Crippen molar-refractivity contribution in [3.05, 3.63) is 41.0 Å². The molecule has 0 saturated heterocycles. The number of carbonyl (C=O) groups excluding carboxylic acids is 1. The monoisotopic (exact) mass is 362 g/mol. The number of benzene rings is 1. The van der Waals surface area contributed by atoms with Gasteiger partial charge in [-0.3, -0.25) is 0 Å². The van der Waals surface area contributed by atoms with E-state index in [9.17, 15) is 13.2 Å². The minimum atomic E-state index is -3.87. The predicted molar refractivity (Wildman–Crippen MR) is 99.4 cm³/mol. The molecule has 1 aromatic rings. The van der Waals surface area contributed by atoms with E-state index in [4.69, 9.17) is 0 Å². The molecule has 136 valence electrons. The van der Waals surface area contributed by atoms with Gasteiger partial charge in [0, 0.05) is 6.54 Å². The fourth-order valence-electron chi connectivity index (χ4n) is 4.19. The van der Waals surface area contributed by atoms with Gasteiger partial charge in [0.2, 0.25) is 0 Å². The van der Waals surface area contributed by atoms with Gasteiger partial charge in [-0.15, -0.1) is 0 Å². The molecule has 1 aliphatic heterocycles. The highest BCUT2D eigenvalue weighted by Gasteiger charge is 2.56. The third-order valence-electron chi connectivity index (χ3n) is 5.43. The number of hydrogen-bond acceptors (Lipinski definition) is 3. The number of rotatable bonds is 2. The minimum Gasteiger partial charge on any atom is -0.337 e. The fraction of sp³-hybridized carbons (Fsp3) is 0.526. The number of nitrogens with one attached hydrogen (secondary N) is 1. The zero-order valence-corrected chi connectivity index (χ0v) is 15.9. The van der Waals surface area contributed by atoms with E-state index in [0.29, 0.717) is 29.9 Å². The van der Waals surface area contributed by atoms with Crippen LogP contribution >= 0.6 is 0 Å². The molecule has 1 N–H and O–H groups in total. The van der Waals surface area contributed by atoms with Gasteiger partial charge in [-0.25, -0.2) is 17.5 Å². The topological polar surface area (TPSA) is 66.5 Å². The van der Waals surface area contributed by atoms with Gasteiger partial charge in [-0.2, -0.15) is 0 Å². The molecule has 2 aliphatic rings. The summed E-state index contributed by atoms with van der Waals surface area (Å²) in [4.78, 5) is 13.0. The molecular formula is C19H26N2O3S. The second-order valence-electron chi connectivity index (χ2n) is 7.02. The highest BCUT2D eigenvalue weighted by atomic mass is 32.2. The Morgan fingerprint density at radius 2 is 1.72 bits per heavy atom. The lowest BCUT2D eigenvalue weighted by Crippen LogP contribution is -2.55. The van der Waals surface area contributed by atoms with E-state index in [1.54, 1.807) is 6.92 Å². The summed E-state index contributed by atoms with van der Waals surface area (Å²) in [7, 11) is -3.87. The molecule has 0 bridgehead atoms. The Hall–Kier alpha value is -1.82. The van der Waals surface area contributed by atoms with Crippen LogP contribution in [0.4, 0.5) is 4.79 Å². The van der Waals surface area contributed by atoms with Crippen LogP contribution in [0.25, 0.3) is 4.91 Å². The van der Waals surface area contributed by atoms with Crippen molar-refractivity contribution in [2.45, 2.75) is 58.4 Å². The molecule has 3 rings (SSSR count). The number of hydrogen-bond donors (Lipinski definition) is 1. The lowest BCUT2D eigenvalue weighted by atomic mass is 9.76. The van der Waals surface area contributed by atoms with Crippen molar-refractivity contribution in [2.75, 3.05) is 6.54 Å². The number of carbonyl (C=O) groups is 1. The van der Waals surface area contributed by atoms with Gasteiger partial charge < -0.3 is 5.32 Å². The summed E-state index contributed by atoms with van der Waals surface area (Å²) < 4.78 is 27.9. The summed E-state index contributed by atoms with van der Waals surface area (Å²) in [6, 6.07) is 6.99. The van der Waals surface area contributed by atoms with Crippen molar-refractivity contribution >= 4 is 21.0 Å². The number of amides is 2. The lowest BCUT2D eigenvalue weighted by molar-refractivity contribution is 0.167. The van der Waals surface area contributed by atoms with Crippen LogP contribution in [-0.2, 0) is 10.0 Å². The van der Waals surface area contributed by atoms with Crippen molar-refractivity contribution in [2.24, 2.45) is 0 Å². The minimum absolute atomic E-state index is 0.306. The molecular weight excluding hydrogens is 336 g/mol. The summed E-state index contributed by atoms with van der Waals surface area (Å²) >= 11 is 0. The molecule has 6 heteroatoms. The normalized spacial score (nSPS) is 21.6. The van der Waals surface area contributed by atoms with E-state index < -0.39 is 21.6 Å². The van der Waals surface area contributed by atoms with Gasteiger partial charge >= 0.3 is 6.03 Å². The average molecular weight is 362 g/mol. The molecule has 1 aromatic carbocycles. The SMILES string of the molecule is CCNC(=O)N1C2(CCCCC2)C(C)=C(c2ccc(C)cc2)S1(=O)=O. The van der Waals surface area contributed by atoms with E-state index in [1.165, 1.54) is 0 Å². The molecule has 1 saturated carbocycles. The Balaban J connectivity index is 2.19. The van der Waals surface area contributed by atoms with Gasteiger partial charge in [-0.05, 0) is 44.7 Å². The summed E-state index contributed by atoms with van der Waals surface area (Å²) in [5, 5.41) is 2.70. The van der Waals surface area contributed by atoms with Crippen molar-refractivity contribution in [1.82, 2.24) is 9.62 Å². The van der Waals surface area contributed by atoms with E-state index in [0.717, 1.165) is 34.7 Å². The smallest absolute Gasteiger partial charge is 0.332 e. The summed E-state index contributed by atoms with van der Waals surface area (Å²) in [6.45, 7) is 6.06. The standard InChI is InChI=1S/C19H26N2O3S/c1-4-20-18(22)21-19(12-6-5-7-13-19)15(3)17(25(21,23)24)16-10-8-14(2)9-11-16/h8-11H,4-7,12-13H2,1-3H3,(H,20,22). The Bertz CT molecular complexity index is 804. The highest BCUT2D eigenvalue weighted by Crippen LogP contribution is 2.51.